The van der Waals surface area contributed by atoms with Crippen LogP contribution in [0.2, 0.25) is 0 Å². The molecule has 0 aromatic carbocycles. The highest BCUT2D eigenvalue weighted by molar-refractivity contribution is 5.93. The summed E-state index contributed by atoms with van der Waals surface area (Å²) < 4.78 is 0. The summed E-state index contributed by atoms with van der Waals surface area (Å²) in [7, 11) is 2.17. The van der Waals surface area contributed by atoms with Gasteiger partial charge in [0, 0.05) is 55.2 Å². The quantitative estimate of drug-likeness (QED) is 0.527. The number of aromatic amines is 3. The Kier molecular flexibility index (Phi) is 3.49. The Hall–Kier alpha value is -3.13. The average Bonchev–Trinajstić information content (AvgIpc) is 3.40. The molecule has 5 rings (SSSR count). The molecule has 1 aliphatic heterocycles. The van der Waals surface area contributed by atoms with Crippen molar-refractivity contribution in [3.63, 3.8) is 0 Å². The van der Waals surface area contributed by atoms with Gasteiger partial charge in [-0.1, -0.05) is 0 Å². The van der Waals surface area contributed by atoms with Gasteiger partial charge in [-0.3, -0.25) is 10.2 Å². The molecular formula is C18H20N8. The molecule has 3 N–H and O–H groups in total. The first-order valence-corrected chi connectivity index (χ1v) is 8.74. The van der Waals surface area contributed by atoms with Gasteiger partial charge in [0.25, 0.3) is 0 Å². The van der Waals surface area contributed by atoms with Crippen LogP contribution in [0, 0.1) is 0 Å². The minimum Gasteiger partial charge on any atom is -0.368 e. The summed E-state index contributed by atoms with van der Waals surface area (Å²) in [6.45, 7) is 4.22. The van der Waals surface area contributed by atoms with E-state index in [1.54, 1.807) is 6.20 Å². The molecule has 1 fully saturated rings. The molecule has 5 heterocycles. The van der Waals surface area contributed by atoms with Gasteiger partial charge in [-0.05, 0) is 25.2 Å². The number of fused-ring (bicyclic) bond motifs is 1. The number of rotatable bonds is 3. The Morgan fingerprint density at radius 3 is 2.77 bits per heavy atom. The molecule has 1 aliphatic rings. The van der Waals surface area contributed by atoms with Gasteiger partial charge in [-0.15, -0.1) is 0 Å². The molecule has 8 heteroatoms. The molecule has 0 saturated carbocycles. The predicted molar refractivity (Wildman–Crippen MR) is 101 cm³/mol. The zero-order valence-electron chi connectivity index (χ0n) is 14.5. The van der Waals surface area contributed by atoms with Gasteiger partial charge in [0.15, 0.2) is 0 Å². The third-order valence-corrected chi connectivity index (χ3v) is 5.01. The second-order valence-electron chi connectivity index (χ2n) is 6.72. The smallest absolute Gasteiger partial charge is 0.139 e. The van der Waals surface area contributed by atoms with Crippen molar-refractivity contribution >= 4 is 16.7 Å². The van der Waals surface area contributed by atoms with E-state index in [-0.39, 0.29) is 0 Å². The molecule has 0 radical (unpaired) electrons. The number of anilines is 1. The summed E-state index contributed by atoms with van der Waals surface area (Å²) in [5, 5.41) is 15.4. The van der Waals surface area contributed by atoms with Crippen LogP contribution in [0.1, 0.15) is 0 Å². The van der Waals surface area contributed by atoms with Gasteiger partial charge in [0.05, 0.1) is 23.3 Å². The molecule has 132 valence electrons. The third-order valence-electron chi connectivity index (χ3n) is 5.01. The van der Waals surface area contributed by atoms with Crippen LogP contribution >= 0.6 is 0 Å². The molecule has 0 atom stereocenters. The first-order chi connectivity index (χ1) is 12.8. The van der Waals surface area contributed by atoms with E-state index in [4.69, 9.17) is 0 Å². The Bertz CT molecular complexity index is 1020. The van der Waals surface area contributed by atoms with E-state index in [1.807, 2.05) is 18.5 Å². The average molecular weight is 348 g/mol. The zero-order chi connectivity index (χ0) is 17.5. The third kappa shape index (κ3) is 2.55. The van der Waals surface area contributed by atoms with Crippen molar-refractivity contribution in [1.82, 2.24) is 35.3 Å². The van der Waals surface area contributed by atoms with Crippen molar-refractivity contribution in [3.8, 4) is 22.6 Å². The highest BCUT2D eigenvalue weighted by Crippen LogP contribution is 2.31. The van der Waals surface area contributed by atoms with Crippen LogP contribution in [0.3, 0.4) is 0 Å². The van der Waals surface area contributed by atoms with Crippen molar-refractivity contribution in [1.29, 1.82) is 0 Å². The molecule has 0 aliphatic carbocycles. The molecule has 0 unspecified atom stereocenters. The van der Waals surface area contributed by atoms with E-state index in [0.29, 0.717) is 0 Å². The van der Waals surface area contributed by atoms with Gasteiger partial charge in [-0.2, -0.15) is 10.2 Å². The lowest BCUT2D eigenvalue weighted by Crippen LogP contribution is -2.44. The predicted octanol–water partition coefficient (Wildman–Crippen LogP) is 2.09. The fourth-order valence-corrected chi connectivity index (χ4v) is 3.48. The molecule has 0 bridgehead atoms. The molecule has 0 spiro atoms. The molecule has 0 amide bonds. The monoisotopic (exact) mass is 348 g/mol. The Morgan fingerprint density at radius 2 is 1.96 bits per heavy atom. The summed E-state index contributed by atoms with van der Waals surface area (Å²) in [5.41, 5.74) is 5.87. The van der Waals surface area contributed by atoms with Crippen molar-refractivity contribution < 1.29 is 0 Å². The van der Waals surface area contributed by atoms with Crippen LogP contribution in [0.5, 0.6) is 0 Å². The van der Waals surface area contributed by atoms with Crippen LogP contribution < -0.4 is 4.90 Å². The van der Waals surface area contributed by atoms with Gasteiger partial charge in [0.2, 0.25) is 0 Å². The maximum atomic E-state index is 4.51. The zero-order valence-corrected chi connectivity index (χ0v) is 14.5. The summed E-state index contributed by atoms with van der Waals surface area (Å²) >= 11 is 0. The molecule has 4 aromatic rings. The summed E-state index contributed by atoms with van der Waals surface area (Å²) in [6.07, 6.45) is 5.47. The lowest BCUT2D eigenvalue weighted by Gasteiger charge is -2.34. The Morgan fingerprint density at radius 1 is 1.08 bits per heavy atom. The van der Waals surface area contributed by atoms with Crippen LogP contribution in [0.4, 0.5) is 5.69 Å². The molecule has 26 heavy (non-hydrogen) atoms. The number of nitrogens with zero attached hydrogens (tertiary/aromatic N) is 5. The van der Waals surface area contributed by atoms with Crippen LogP contribution in [-0.4, -0.2) is 68.5 Å². The number of pyridine rings is 1. The lowest BCUT2D eigenvalue weighted by atomic mass is 10.2. The highest BCUT2D eigenvalue weighted by atomic mass is 15.2. The van der Waals surface area contributed by atoms with Crippen molar-refractivity contribution in [2.75, 3.05) is 38.1 Å². The second kappa shape index (κ2) is 5.99. The SMILES string of the molecule is CN1CCN(c2ccnc3[nH]c(-c4cc(-c5cn[nH]c5)n[nH]4)cc23)CC1. The van der Waals surface area contributed by atoms with E-state index < -0.39 is 0 Å². The summed E-state index contributed by atoms with van der Waals surface area (Å²) in [5.74, 6) is 0. The number of aromatic nitrogens is 6. The van der Waals surface area contributed by atoms with E-state index in [1.165, 1.54) is 5.69 Å². The standard InChI is InChI=1S/C18H20N8/c1-25-4-6-26(7-5-25)17-2-3-19-18-13(17)8-15(22-18)16-9-14(23-24-16)12-10-20-21-11-12/h2-3,8-11H,4-7H2,1H3,(H,19,22)(H,20,21)(H,23,24). The number of H-pyrrole nitrogens is 3. The second-order valence-corrected chi connectivity index (χ2v) is 6.72. The number of hydrogen-bond acceptors (Lipinski definition) is 5. The van der Waals surface area contributed by atoms with E-state index in [0.717, 1.165) is 59.9 Å². The molecule has 1 saturated heterocycles. The maximum Gasteiger partial charge on any atom is 0.139 e. The van der Waals surface area contributed by atoms with Crippen LogP contribution in [0.15, 0.2) is 36.8 Å². The molecular weight excluding hydrogens is 328 g/mol. The maximum absolute atomic E-state index is 4.51. The number of nitrogens with one attached hydrogen (secondary N) is 3. The van der Waals surface area contributed by atoms with Gasteiger partial charge >= 0.3 is 0 Å². The van der Waals surface area contributed by atoms with Crippen molar-refractivity contribution in [3.05, 3.63) is 36.8 Å². The fourth-order valence-electron chi connectivity index (χ4n) is 3.48. The Balaban J connectivity index is 1.51. The fraction of sp³-hybridized carbons (Fsp3) is 0.278. The van der Waals surface area contributed by atoms with Crippen molar-refractivity contribution in [2.24, 2.45) is 0 Å². The van der Waals surface area contributed by atoms with Gasteiger partial charge < -0.3 is 14.8 Å². The number of hydrogen-bond donors (Lipinski definition) is 3. The minimum atomic E-state index is 0.861. The first kappa shape index (κ1) is 15.2. The summed E-state index contributed by atoms with van der Waals surface area (Å²) in [4.78, 5) is 12.7. The van der Waals surface area contributed by atoms with Gasteiger partial charge in [0.1, 0.15) is 5.65 Å². The molecule has 4 aromatic heterocycles. The number of likely N-dealkylation sites (N-methyl/N-ethyl adjacent to an activating group) is 1. The normalized spacial score (nSPS) is 15.8. The van der Waals surface area contributed by atoms with Crippen molar-refractivity contribution in [2.45, 2.75) is 0 Å². The van der Waals surface area contributed by atoms with E-state index in [2.05, 4.69) is 59.3 Å². The molecule has 8 nitrogen and oxygen atoms in total. The number of piperazine rings is 1. The van der Waals surface area contributed by atoms with E-state index >= 15 is 0 Å². The topological polar surface area (TPSA) is 92.5 Å². The first-order valence-electron chi connectivity index (χ1n) is 8.74. The van der Waals surface area contributed by atoms with E-state index in [9.17, 15) is 0 Å². The highest BCUT2D eigenvalue weighted by Gasteiger charge is 2.18. The van der Waals surface area contributed by atoms with Crippen LogP contribution in [0.25, 0.3) is 33.7 Å². The lowest BCUT2D eigenvalue weighted by molar-refractivity contribution is 0.313. The minimum absolute atomic E-state index is 0.861. The van der Waals surface area contributed by atoms with Crippen LogP contribution in [-0.2, 0) is 0 Å². The largest absolute Gasteiger partial charge is 0.368 e. The summed E-state index contributed by atoms with van der Waals surface area (Å²) in [6, 6.07) is 6.28. The van der Waals surface area contributed by atoms with Gasteiger partial charge in [-0.25, -0.2) is 4.98 Å². The Labute approximate surface area is 150 Å².